The number of hydrogen-bond acceptors (Lipinski definition) is 4. The summed E-state index contributed by atoms with van der Waals surface area (Å²) < 4.78 is 6.13. The number of hydrazine groups is 3. The standard InChI is InChI=1S/C19H24N4O2/c1-5-15-7-6-8-17(23-19(24)20-21-22-23)16(15)11-25-18-10-13(3)12(2)9-14(18)4/h6-10,21-22H,5,11H2,1-4H3,(H,20,24). The number of benzene rings is 2. The van der Waals surface area contributed by atoms with E-state index in [0.717, 1.165) is 34.5 Å². The molecule has 0 unspecified atom stereocenters. The summed E-state index contributed by atoms with van der Waals surface area (Å²) in [5, 5.41) is 1.45. The molecule has 0 spiro atoms. The topological polar surface area (TPSA) is 65.6 Å². The van der Waals surface area contributed by atoms with Gasteiger partial charge in [-0.2, -0.15) is 0 Å². The van der Waals surface area contributed by atoms with E-state index in [-0.39, 0.29) is 6.03 Å². The van der Waals surface area contributed by atoms with Gasteiger partial charge in [0.1, 0.15) is 12.4 Å². The lowest BCUT2D eigenvalue weighted by molar-refractivity contribution is 0.250. The fourth-order valence-corrected chi connectivity index (χ4v) is 2.98. The van der Waals surface area contributed by atoms with Crippen molar-refractivity contribution in [3.63, 3.8) is 0 Å². The molecule has 3 rings (SSSR count). The quantitative estimate of drug-likeness (QED) is 0.782. The lowest BCUT2D eigenvalue weighted by Gasteiger charge is -2.21. The van der Waals surface area contributed by atoms with Crippen LogP contribution in [0.4, 0.5) is 10.5 Å². The predicted octanol–water partition coefficient (Wildman–Crippen LogP) is 3.21. The smallest absolute Gasteiger partial charge is 0.353 e. The Kier molecular flexibility index (Phi) is 4.92. The maximum atomic E-state index is 12.0. The van der Waals surface area contributed by atoms with E-state index in [9.17, 15) is 4.79 Å². The Morgan fingerprint density at radius 3 is 2.52 bits per heavy atom. The van der Waals surface area contributed by atoms with Crippen LogP contribution in [-0.2, 0) is 13.0 Å². The summed E-state index contributed by atoms with van der Waals surface area (Å²) in [6, 6.07) is 9.88. The second kappa shape index (κ2) is 7.13. The maximum Gasteiger partial charge on any atom is 0.353 e. The van der Waals surface area contributed by atoms with Crippen molar-refractivity contribution < 1.29 is 9.53 Å². The van der Waals surface area contributed by atoms with E-state index in [2.05, 4.69) is 55.5 Å². The molecule has 0 saturated carbocycles. The molecule has 6 heteroatoms. The van der Waals surface area contributed by atoms with Crippen molar-refractivity contribution in [2.45, 2.75) is 40.7 Å². The molecular formula is C19H24N4O2. The SMILES string of the molecule is CCc1cccc(N2NNNC2=O)c1COc1cc(C)c(C)cc1C. The van der Waals surface area contributed by atoms with Crippen molar-refractivity contribution in [1.82, 2.24) is 16.5 Å². The first-order valence-electron chi connectivity index (χ1n) is 8.43. The third-order valence-electron chi connectivity index (χ3n) is 4.57. The van der Waals surface area contributed by atoms with Crippen LogP contribution in [0, 0.1) is 20.8 Å². The van der Waals surface area contributed by atoms with Crippen molar-refractivity contribution in [2.24, 2.45) is 0 Å². The zero-order valence-electron chi connectivity index (χ0n) is 15.1. The molecule has 0 aromatic heterocycles. The minimum absolute atomic E-state index is 0.253. The van der Waals surface area contributed by atoms with Crippen molar-refractivity contribution >= 4 is 11.7 Å². The Morgan fingerprint density at radius 2 is 1.84 bits per heavy atom. The van der Waals surface area contributed by atoms with Crippen molar-refractivity contribution in [3.8, 4) is 5.75 Å². The zero-order valence-corrected chi connectivity index (χ0v) is 15.1. The maximum absolute atomic E-state index is 12.0. The van der Waals surface area contributed by atoms with E-state index in [1.165, 1.54) is 16.1 Å². The van der Waals surface area contributed by atoms with Crippen molar-refractivity contribution in [1.29, 1.82) is 0 Å². The highest BCUT2D eigenvalue weighted by Gasteiger charge is 2.24. The summed E-state index contributed by atoms with van der Waals surface area (Å²) in [5.74, 6) is 0.872. The van der Waals surface area contributed by atoms with Crippen LogP contribution >= 0.6 is 0 Å². The van der Waals surface area contributed by atoms with Gasteiger partial charge in [-0.25, -0.2) is 9.80 Å². The first-order chi connectivity index (χ1) is 12.0. The van der Waals surface area contributed by atoms with Gasteiger partial charge < -0.3 is 4.74 Å². The number of urea groups is 1. The molecule has 0 bridgehead atoms. The van der Waals surface area contributed by atoms with E-state index < -0.39 is 0 Å². The van der Waals surface area contributed by atoms with E-state index in [4.69, 9.17) is 4.74 Å². The second-order valence-corrected chi connectivity index (χ2v) is 6.26. The minimum Gasteiger partial charge on any atom is -0.489 e. The van der Waals surface area contributed by atoms with Gasteiger partial charge >= 0.3 is 6.03 Å². The number of aryl methyl sites for hydroxylation is 4. The number of carbonyl (C=O) groups excluding carboxylic acids is 1. The molecule has 25 heavy (non-hydrogen) atoms. The van der Waals surface area contributed by atoms with E-state index in [1.54, 1.807) is 0 Å². The highest BCUT2D eigenvalue weighted by atomic mass is 16.5. The number of carbonyl (C=O) groups is 1. The Balaban J connectivity index is 1.91. The molecule has 0 aliphatic carbocycles. The fourth-order valence-electron chi connectivity index (χ4n) is 2.98. The molecular weight excluding hydrogens is 316 g/mol. The van der Waals surface area contributed by atoms with E-state index in [1.807, 2.05) is 19.1 Å². The Hall–Kier alpha value is -2.57. The van der Waals surface area contributed by atoms with Crippen LogP contribution in [0.1, 0.15) is 34.7 Å². The number of nitrogens with one attached hydrogen (secondary N) is 3. The largest absolute Gasteiger partial charge is 0.489 e. The minimum atomic E-state index is -0.253. The van der Waals surface area contributed by atoms with Gasteiger partial charge in [0.15, 0.2) is 0 Å². The first-order valence-corrected chi connectivity index (χ1v) is 8.43. The molecule has 6 nitrogen and oxygen atoms in total. The Morgan fingerprint density at radius 1 is 1.08 bits per heavy atom. The molecule has 3 N–H and O–H groups in total. The predicted molar refractivity (Wildman–Crippen MR) is 98.1 cm³/mol. The molecule has 1 saturated heterocycles. The molecule has 1 fully saturated rings. The number of ether oxygens (including phenoxy) is 1. The number of rotatable bonds is 5. The van der Waals surface area contributed by atoms with Gasteiger partial charge in [0.05, 0.1) is 5.69 Å². The van der Waals surface area contributed by atoms with Crippen LogP contribution in [0.3, 0.4) is 0 Å². The summed E-state index contributed by atoms with van der Waals surface area (Å²) in [6.45, 7) is 8.72. The molecule has 2 aromatic rings. The summed E-state index contributed by atoms with van der Waals surface area (Å²) in [5.41, 5.74) is 14.4. The molecule has 1 aliphatic rings. The van der Waals surface area contributed by atoms with Crippen LogP contribution < -0.4 is 26.2 Å². The molecule has 1 heterocycles. The van der Waals surface area contributed by atoms with Crippen LogP contribution in [0.2, 0.25) is 0 Å². The molecule has 132 valence electrons. The van der Waals surface area contributed by atoms with Gasteiger partial charge in [-0.05, 0) is 61.6 Å². The highest BCUT2D eigenvalue weighted by molar-refractivity contribution is 5.93. The average Bonchev–Trinajstić information content (AvgIpc) is 3.02. The lowest BCUT2D eigenvalue weighted by atomic mass is 10.0. The van der Waals surface area contributed by atoms with E-state index >= 15 is 0 Å². The molecule has 0 radical (unpaired) electrons. The van der Waals surface area contributed by atoms with Gasteiger partial charge in [0, 0.05) is 5.56 Å². The van der Waals surface area contributed by atoms with E-state index in [0.29, 0.717) is 6.61 Å². The van der Waals surface area contributed by atoms with Gasteiger partial charge in [0.25, 0.3) is 0 Å². The van der Waals surface area contributed by atoms with Gasteiger partial charge in [-0.3, -0.25) is 5.43 Å². The van der Waals surface area contributed by atoms with Gasteiger partial charge in [-0.1, -0.05) is 25.1 Å². The summed E-state index contributed by atoms with van der Waals surface area (Å²) in [6.07, 6.45) is 0.862. The molecule has 0 atom stereocenters. The Bertz CT molecular complexity index is 804. The third-order valence-corrected chi connectivity index (χ3v) is 4.57. The average molecular weight is 340 g/mol. The summed E-state index contributed by atoms with van der Waals surface area (Å²) in [7, 11) is 0. The second-order valence-electron chi connectivity index (χ2n) is 6.26. The molecule has 1 aliphatic heterocycles. The normalized spacial score (nSPS) is 13.9. The number of nitrogens with zero attached hydrogens (tertiary/aromatic N) is 1. The number of amides is 2. The monoisotopic (exact) mass is 340 g/mol. The fraction of sp³-hybridized carbons (Fsp3) is 0.316. The molecule has 2 amide bonds. The molecule has 2 aromatic carbocycles. The Labute approximate surface area is 148 Å². The van der Waals surface area contributed by atoms with Gasteiger partial charge in [0.2, 0.25) is 0 Å². The highest BCUT2D eigenvalue weighted by Crippen LogP contribution is 2.28. The van der Waals surface area contributed by atoms with Gasteiger partial charge in [-0.15, -0.1) is 11.1 Å². The van der Waals surface area contributed by atoms with Crippen LogP contribution in [0.15, 0.2) is 30.3 Å². The number of hydrogen-bond donors (Lipinski definition) is 3. The van der Waals surface area contributed by atoms with Crippen molar-refractivity contribution in [3.05, 3.63) is 58.1 Å². The summed E-state index contributed by atoms with van der Waals surface area (Å²) >= 11 is 0. The van der Waals surface area contributed by atoms with Crippen LogP contribution in [0.25, 0.3) is 0 Å². The lowest BCUT2D eigenvalue weighted by Crippen LogP contribution is -2.38. The summed E-state index contributed by atoms with van der Waals surface area (Å²) in [4.78, 5) is 12.0. The zero-order chi connectivity index (χ0) is 18.0. The first kappa shape index (κ1) is 17.3. The van der Waals surface area contributed by atoms with Crippen LogP contribution in [0.5, 0.6) is 5.75 Å². The van der Waals surface area contributed by atoms with Crippen LogP contribution in [-0.4, -0.2) is 6.03 Å². The number of anilines is 1. The third kappa shape index (κ3) is 3.45. The van der Waals surface area contributed by atoms with Crippen molar-refractivity contribution in [2.75, 3.05) is 5.01 Å².